The van der Waals surface area contributed by atoms with E-state index in [4.69, 9.17) is 16.3 Å². The predicted octanol–water partition coefficient (Wildman–Crippen LogP) is 4.41. The lowest BCUT2D eigenvalue weighted by atomic mass is 10.2. The minimum absolute atomic E-state index is 0.119. The molecule has 0 aliphatic rings. The van der Waals surface area contributed by atoms with E-state index < -0.39 is 5.82 Å². The van der Waals surface area contributed by atoms with Crippen LogP contribution in [-0.4, -0.2) is 17.5 Å². The molecule has 0 unspecified atom stereocenters. The molecule has 7 heteroatoms. The molecule has 1 aromatic heterocycles. The normalized spacial score (nSPS) is 10.7. The number of nitrogens with one attached hydrogen (secondary N) is 1. The quantitative estimate of drug-likeness (QED) is 0.758. The Labute approximate surface area is 140 Å². The van der Waals surface area contributed by atoms with Crippen LogP contribution in [-0.2, 0) is 4.79 Å². The summed E-state index contributed by atoms with van der Waals surface area (Å²) in [4.78, 5) is 16.3. The molecule has 0 atom stereocenters. The van der Waals surface area contributed by atoms with Gasteiger partial charge in [-0.2, -0.15) is 0 Å². The van der Waals surface area contributed by atoms with Gasteiger partial charge < -0.3 is 4.74 Å². The zero-order valence-electron chi connectivity index (χ0n) is 12.1. The fraction of sp³-hybridized carbons (Fsp3) is 0.125. The lowest BCUT2D eigenvalue weighted by Gasteiger charge is -2.07. The molecular weight excluding hydrogens is 339 g/mol. The summed E-state index contributed by atoms with van der Waals surface area (Å²) in [6.07, 6.45) is 0. The largest absolute Gasteiger partial charge is 0.482 e. The van der Waals surface area contributed by atoms with E-state index in [0.717, 1.165) is 21.8 Å². The number of carbonyl (C=O) groups is 1. The Morgan fingerprint density at radius 3 is 2.96 bits per heavy atom. The van der Waals surface area contributed by atoms with Crippen LogP contribution in [0.4, 0.5) is 9.52 Å². The smallest absolute Gasteiger partial charge is 0.264 e. The maximum atomic E-state index is 12.9. The molecule has 0 bridgehead atoms. The highest BCUT2D eigenvalue weighted by Gasteiger charge is 2.10. The van der Waals surface area contributed by atoms with Crippen LogP contribution in [0.5, 0.6) is 5.75 Å². The van der Waals surface area contributed by atoms with Crippen molar-refractivity contribution in [2.45, 2.75) is 6.92 Å². The van der Waals surface area contributed by atoms with Crippen LogP contribution in [0.15, 0.2) is 36.4 Å². The zero-order valence-corrected chi connectivity index (χ0v) is 13.7. The summed E-state index contributed by atoms with van der Waals surface area (Å²) in [7, 11) is 0. The summed E-state index contributed by atoms with van der Waals surface area (Å²) in [5.74, 6) is -0.569. The number of hydrogen-bond acceptors (Lipinski definition) is 4. The van der Waals surface area contributed by atoms with Crippen molar-refractivity contribution < 1.29 is 13.9 Å². The first-order valence-electron chi connectivity index (χ1n) is 6.76. The van der Waals surface area contributed by atoms with Gasteiger partial charge in [-0.1, -0.05) is 29.0 Å². The second kappa shape index (κ2) is 6.52. The van der Waals surface area contributed by atoms with E-state index in [-0.39, 0.29) is 23.3 Å². The van der Waals surface area contributed by atoms with Crippen LogP contribution in [0.1, 0.15) is 5.56 Å². The minimum Gasteiger partial charge on any atom is -0.482 e. The molecule has 118 valence electrons. The van der Waals surface area contributed by atoms with Gasteiger partial charge in [0.05, 0.1) is 15.2 Å². The molecule has 0 saturated heterocycles. The van der Waals surface area contributed by atoms with E-state index in [0.29, 0.717) is 5.13 Å². The molecule has 0 radical (unpaired) electrons. The van der Waals surface area contributed by atoms with Crippen LogP contribution in [0.2, 0.25) is 5.02 Å². The first-order chi connectivity index (χ1) is 11.0. The Kier molecular flexibility index (Phi) is 4.45. The Morgan fingerprint density at radius 2 is 2.17 bits per heavy atom. The molecule has 1 N–H and O–H groups in total. The highest BCUT2D eigenvalue weighted by atomic mass is 35.5. The monoisotopic (exact) mass is 350 g/mol. The fourth-order valence-electron chi connectivity index (χ4n) is 1.98. The fourth-order valence-corrected chi connectivity index (χ4v) is 3.18. The van der Waals surface area contributed by atoms with E-state index in [9.17, 15) is 9.18 Å². The number of anilines is 1. The van der Waals surface area contributed by atoms with Crippen molar-refractivity contribution in [2.75, 3.05) is 11.9 Å². The summed E-state index contributed by atoms with van der Waals surface area (Å²) in [6, 6.07) is 9.61. The van der Waals surface area contributed by atoms with Gasteiger partial charge in [0.2, 0.25) is 0 Å². The maximum absolute atomic E-state index is 12.9. The van der Waals surface area contributed by atoms with Gasteiger partial charge in [0.15, 0.2) is 11.7 Å². The zero-order chi connectivity index (χ0) is 16.4. The molecule has 23 heavy (non-hydrogen) atoms. The molecular formula is C16H12ClFN2O2S. The van der Waals surface area contributed by atoms with Gasteiger partial charge >= 0.3 is 0 Å². The predicted molar refractivity (Wildman–Crippen MR) is 89.9 cm³/mol. The number of nitrogens with zero attached hydrogens (tertiary/aromatic N) is 1. The number of fused-ring (bicyclic) bond motifs is 1. The van der Waals surface area contributed by atoms with Gasteiger partial charge in [0, 0.05) is 0 Å². The van der Waals surface area contributed by atoms with Crippen LogP contribution in [0.25, 0.3) is 10.2 Å². The standard InChI is InChI=1S/C16H12ClFN2O2S/c1-9-2-4-12-14(6-9)23-16(19-12)20-15(21)8-22-13-5-3-10(18)7-11(13)17/h2-7H,8H2,1H3,(H,19,20,21). The summed E-state index contributed by atoms with van der Waals surface area (Å²) >= 11 is 7.23. The first kappa shape index (κ1) is 15.7. The third-order valence-electron chi connectivity index (χ3n) is 3.04. The number of thiazole rings is 1. The number of halogens is 2. The number of aryl methyl sites for hydroxylation is 1. The number of ether oxygens (including phenoxy) is 1. The Morgan fingerprint density at radius 1 is 1.35 bits per heavy atom. The molecule has 3 aromatic rings. The van der Waals surface area contributed by atoms with Crippen LogP contribution in [0, 0.1) is 12.7 Å². The number of hydrogen-bond donors (Lipinski definition) is 1. The molecule has 0 spiro atoms. The second-order valence-electron chi connectivity index (χ2n) is 4.90. The Balaban J connectivity index is 1.64. The third kappa shape index (κ3) is 3.78. The maximum Gasteiger partial charge on any atom is 0.264 e. The number of amides is 1. The molecule has 3 rings (SSSR count). The van der Waals surface area contributed by atoms with E-state index in [1.807, 2.05) is 25.1 Å². The molecule has 1 heterocycles. The summed E-state index contributed by atoms with van der Waals surface area (Å²) in [5.41, 5.74) is 1.96. The van der Waals surface area contributed by atoms with Crippen molar-refractivity contribution in [3.05, 3.63) is 52.8 Å². The third-order valence-corrected chi connectivity index (χ3v) is 4.27. The molecule has 4 nitrogen and oxygen atoms in total. The van der Waals surface area contributed by atoms with Gasteiger partial charge in [0.25, 0.3) is 5.91 Å². The summed E-state index contributed by atoms with van der Waals surface area (Å²) in [6.45, 7) is 1.76. The summed E-state index contributed by atoms with van der Waals surface area (Å²) < 4.78 is 19.2. The van der Waals surface area contributed by atoms with Crippen molar-refractivity contribution >= 4 is 44.2 Å². The average Bonchev–Trinajstić information content (AvgIpc) is 2.87. The SMILES string of the molecule is Cc1ccc2nc(NC(=O)COc3ccc(F)cc3Cl)sc2c1. The van der Waals surface area contributed by atoms with E-state index in [2.05, 4.69) is 10.3 Å². The highest BCUT2D eigenvalue weighted by Crippen LogP contribution is 2.27. The molecule has 0 aliphatic heterocycles. The van der Waals surface area contributed by atoms with Gasteiger partial charge in [-0.25, -0.2) is 9.37 Å². The molecule has 2 aromatic carbocycles. The van der Waals surface area contributed by atoms with Crippen molar-refractivity contribution in [1.82, 2.24) is 4.98 Å². The molecule has 0 aliphatic carbocycles. The average molecular weight is 351 g/mol. The Bertz CT molecular complexity index is 882. The van der Waals surface area contributed by atoms with Crippen LogP contribution >= 0.6 is 22.9 Å². The lowest BCUT2D eigenvalue weighted by Crippen LogP contribution is -2.20. The molecule has 0 saturated carbocycles. The topological polar surface area (TPSA) is 51.2 Å². The van der Waals surface area contributed by atoms with Gasteiger partial charge in [-0.15, -0.1) is 0 Å². The summed E-state index contributed by atoms with van der Waals surface area (Å²) in [5, 5.41) is 3.30. The second-order valence-corrected chi connectivity index (χ2v) is 6.34. The van der Waals surface area contributed by atoms with Gasteiger partial charge in [-0.3, -0.25) is 10.1 Å². The van der Waals surface area contributed by atoms with Crippen molar-refractivity contribution in [2.24, 2.45) is 0 Å². The van der Waals surface area contributed by atoms with E-state index in [1.54, 1.807) is 0 Å². The van der Waals surface area contributed by atoms with E-state index in [1.165, 1.54) is 23.5 Å². The van der Waals surface area contributed by atoms with Crippen molar-refractivity contribution in [3.8, 4) is 5.75 Å². The van der Waals surface area contributed by atoms with Crippen molar-refractivity contribution in [3.63, 3.8) is 0 Å². The van der Waals surface area contributed by atoms with Crippen LogP contribution in [0.3, 0.4) is 0 Å². The number of carbonyl (C=O) groups excluding carboxylic acids is 1. The van der Waals surface area contributed by atoms with Gasteiger partial charge in [-0.05, 0) is 42.8 Å². The lowest BCUT2D eigenvalue weighted by molar-refractivity contribution is -0.118. The number of rotatable bonds is 4. The molecule has 0 fully saturated rings. The Hall–Kier alpha value is -2.18. The number of aromatic nitrogens is 1. The highest BCUT2D eigenvalue weighted by molar-refractivity contribution is 7.22. The first-order valence-corrected chi connectivity index (χ1v) is 7.95. The minimum atomic E-state index is -0.462. The van der Waals surface area contributed by atoms with Gasteiger partial charge in [0.1, 0.15) is 11.6 Å². The van der Waals surface area contributed by atoms with Crippen LogP contribution < -0.4 is 10.1 Å². The van der Waals surface area contributed by atoms with E-state index >= 15 is 0 Å². The number of benzene rings is 2. The van der Waals surface area contributed by atoms with Crippen molar-refractivity contribution in [1.29, 1.82) is 0 Å². The molecule has 1 amide bonds.